The number of aliphatic hydroxyl groups is 1. The van der Waals surface area contributed by atoms with Gasteiger partial charge in [-0.1, -0.05) is 44.7 Å². The Morgan fingerprint density at radius 3 is 2.44 bits per heavy atom. The highest BCUT2D eigenvalue weighted by molar-refractivity contribution is 5.31. The molecule has 0 spiro atoms. The molecule has 1 aromatic rings. The van der Waals surface area contributed by atoms with Gasteiger partial charge < -0.3 is 5.11 Å². The summed E-state index contributed by atoms with van der Waals surface area (Å²) in [6.07, 6.45) is 7.29. The van der Waals surface area contributed by atoms with Crippen LogP contribution in [0.3, 0.4) is 0 Å². The third-order valence-corrected chi connectivity index (χ3v) is 3.24. The maximum absolute atomic E-state index is 9.86. The molecule has 1 rings (SSSR count). The Kier molecular flexibility index (Phi) is 7.13. The fraction of sp³-hybridized carbons (Fsp3) is 0.562. The zero-order chi connectivity index (χ0) is 13.2. The molecule has 0 saturated heterocycles. The summed E-state index contributed by atoms with van der Waals surface area (Å²) in [5.41, 5.74) is 1.89. The van der Waals surface area contributed by atoms with Crippen molar-refractivity contribution < 1.29 is 5.11 Å². The van der Waals surface area contributed by atoms with E-state index in [0.29, 0.717) is 5.56 Å². The quantitative estimate of drug-likeness (QED) is 0.707. The number of rotatable bonds is 8. The topological polar surface area (TPSA) is 44.0 Å². The van der Waals surface area contributed by atoms with Gasteiger partial charge in [-0.25, -0.2) is 0 Å². The minimum Gasteiger partial charge on any atom is -0.393 e. The molecule has 0 amide bonds. The van der Waals surface area contributed by atoms with Crippen LogP contribution in [0.5, 0.6) is 0 Å². The first-order valence-electron chi connectivity index (χ1n) is 6.93. The SMILES string of the molecule is CCCCCC[C@@H](O)CCc1ccc(C#N)cc1. The lowest BCUT2D eigenvalue weighted by Gasteiger charge is -2.10. The van der Waals surface area contributed by atoms with Gasteiger partial charge >= 0.3 is 0 Å². The second-order valence-electron chi connectivity index (χ2n) is 4.85. The van der Waals surface area contributed by atoms with Gasteiger partial charge in [-0.05, 0) is 37.0 Å². The lowest BCUT2D eigenvalue weighted by molar-refractivity contribution is 0.151. The van der Waals surface area contributed by atoms with Crippen molar-refractivity contribution in [2.24, 2.45) is 0 Å². The van der Waals surface area contributed by atoms with E-state index in [-0.39, 0.29) is 6.10 Å². The number of nitriles is 1. The molecule has 0 aliphatic carbocycles. The third kappa shape index (κ3) is 5.84. The summed E-state index contributed by atoms with van der Waals surface area (Å²) < 4.78 is 0. The van der Waals surface area contributed by atoms with Gasteiger partial charge in [0.1, 0.15) is 0 Å². The predicted molar refractivity (Wildman–Crippen MR) is 74.2 cm³/mol. The monoisotopic (exact) mass is 245 g/mol. The molecule has 2 heteroatoms. The van der Waals surface area contributed by atoms with E-state index in [4.69, 9.17) is 5.26 Å². The predicted octanol–water partition coefficient (Wildman–Crippen LogP) is 3.82. The highest BCUT2D eigenvalue weighted by atomic mass is 16.3. The molecule has 98 valence electrons. The molecular formula is C16H23NO. The fourth-order valence-electron chi connectivity index (χ4n) is 2.03. The molecule has 0 unspecified atom stereocenters. The van der Waals surface area contributed by atoms with Crippen LogP contribution in [0.25, 0.3) is 0 Å². The first-order chi connectivity index (χ1) is 8.76. The number of benzene rings is 1. The molecule has 0 radical (unpaired) electrons. The zero-order valence-corrected chi connectivity index (χ0v) is 11.2. The van der Waals surface area contributed by atoms with Crippen molar-refractivity contribution in [3.8, 4) is 6.07 Å². The maximum Gasteiger partial charge on any atom is 0.0991 e. The van der Waals surface area contributed by atoms with Crippen molar-refractivity contribution in [2.75, 3.05) is 0 Å². The minimum atomic E-state index is -0.183. The number of aliphatic hydroxyl groups excluding tert-OH is 1. The van der Waals surface area contributed by atoms with E-state index in [1.807, 2.05) is 24.3 Å². The standard InChI is InChI=1S/C16H23NO/c1-2-3-4-5-6-16(18)12-11-14-7-9-15(13-17)10-8-14/h7-10,16,18H,2-6,11-12H2,1H3/t16-/m1/s1. The maximum atomic E-state index is 9.86. The molecule has 0 fully saturated rings. The molecule has 0 bridgehead atoms. The smallest absolute Gasteiger partial charge is 0.0991 e. The molecule has 0 aliphatic rings. The van der Waals surface area contributed by atoms with E-state index in [9.17, 15) is 5.11 Å². The summed E-state index contributed by atoms with van der Waals surface area (Å²) in [4.78, 5) is 0. The van der Waals surface area contributed by atoms with Gasteiger partial charge in [0.05, 0.1) is 17.7 Å². The average molecular weight is 245 g/mol. The third-order valence-electron chi connectivity index (χ3n) is 3.24. The molecule has 1 atom stereocenters. The largest absolute Gasteiger partial charge is 0.393 e. The van der Waals surface area contributed by atoms with Crippen LogP contribution < -0.4 is 0 Å². The van der Waals surface area contributed by atoms with Crippen LogP contribution in [-0.2, 0) is 6.42 Å². The van der Waals surface area contributed by atoms with Gasteiger partial charge in [0, 0.05) is 0 Å². The normalized spacial score (nSPS) is 12.1. The Morgan fingerprint density at radius 1 is 1.11 bits per heavy atom. The lowest BCUT2D eigenvalue weighted by Crippen LogP contribution is -2.07. The van der Waals surface area contributed by atoms with Crippen LogP contribution in [0.1, 0.15) is 56.6 Å². The summed E-state index contributed by atoms with van der Waals surface area (Å²) in [5.74, 6) is 0. The Morgan fingerprint density at radius 2 is 1.83 bits per heavy atom. The van der Waals surface area contributed by atoms with Gasteiger partial charge in [0.2, 0.25) is 0 Å². The Bertz CT molecular complexity index is 364. The lowest BCUT2D eigenvalue weighted by atomic mass is 10.0. The molecule has 0 heterocycles. The first kappa shape index (κ1) is 14.7. The summed E-state index contributed by atoms with van der Waals surface area (Å²) in [6, 6.07) is 9.73. The molecule has 1 N–H and O–H groups in total. The Labute approximate surface area is 110 Å². The second kappa shape index (κ2) is 8.72. The van der Waals surface area contributed by atoms with E-state index < -0.39 is 0 Å². The van der Waals surface area contributed by atoms with Gasteiger partial charge in [-0.2, -0.15) is 5.26 Å². The summed E-state index contributed by atoms with van der Waals surface area (Å²) in [7, 11) is 0. The molecule has 18 heavy (non-hydrogen) atoms. The highest BCUT2D eigenvalue weighted by Crippen LogP contribution is 2.12. The van der Waals surface area contributed by atoms with Crippen molar-refractivity contribution >= 4 is 0 Å². The van der Waals surface area contributed by atoms with Gasteiger partial charge in [0.15, 0.2) is 0 Å². The van der Waals surface area contributed by atoms with Gasteiger partial charge in [0.25, 0.3) is 0 Å². The second-order valence-corrected chi connectivity index (χ2v) is 4.85. The van der Waals surface area contributed by atoms with E-state index in [0.717, 1.165) is 25.7 Å². The van der Waals surface area contributed by atoms with Crippen molar-refractivity contribution in [3.63, 3.8) is 0 Å². The van der Waals surface area contributed by atoms with E-state index >= 15 is 0 Å². The van der Waals surface area contributed by atoms with Crippen molar-refractivity contribution in [2.45, 2.75) is 58.0 Å². The van der Waals surface area contributed by atoms with E-state index in [1.54, 1.807) is 0 Å². The average Bonchev–Trinajstić information content (AvgIpc) is 2.42. The summed E-state index contributed by atoms with van der Waals surface area (Å²) in [5, 5.41) is 18.6. The Balaban J connectivity index is 2.21. The van der Waals surface area contributed by atoms with Crippen molar-refractivity contribution in [1.29, 1.82) is 5.26 Å². The zero-order valence-electron chi connectivity index (χ0n) is 11.2. The van der Waals surface area contributed by atoms with Crippen LogP contribution in [0.4, 0.5) is 0 Å². The number of hydrogen-bond donors (Lipinski definition) is 1. The number of aryl methyl sites for hydroxylation is 1. The van der Waals surface area contributed by atoms with Crippen LogP contribution in [0, 0.1) is 11.3 Å². The van der Waals surface area contributed by atoms with Gasteiger partial charge in [-0.3, -0.25) is 0 Å². The fourth-order valence-corrected chi connectivity index (χ4v) is 2.03. The van der Waals surface area contributed by atoms with Crippen LogP contribution >= 0.6 is 0 Å². The Hall–Kier alpha value is -1.33. The molecular weight excluding hydrogens is 222 g/mol. The van der Waals surface area contributed by atoms with Crippen LogP contribution in [0.15, 0.2) is 24.3 Å². The summed E-state index contributed by atoms with van der Waals surface area (Å²) in [6.45, 7) is 2.20. The van der Waals surface area contributed by atoms with E-state index in [2.05, 4.69) is 13.0 Å². The number of nitrogens with zero attached hydrogens (tertiary/aromatic N) is 1. The van der Waals surface area contributed by atoms with Crippen LogP contribution in [-0.4, -0.2) is 11.2 Å². The van der Waals surface area contributed by atoms with E-state index in [1.165, 1.54) is 24.8 Å². The molecule has 0 aromatic heterocycles. The minimum absolute atomic E-state index is 0.183. The highest BCUT2D eigenvalue weighted by Gasteiger charge is 2.04. The van der Waals surface area contributed by atoms with Gasteiger partial charge in [-0.15, -0.1) is 0 Å². The number of hydrogen-bond acceptors (Lipinski definition) is 2. The molecule has 0 saturated carbocycles. The van der Waals surface area contributed by atoms with Crippen molar-refractivity contribution in [1.82, 2.24) is 0 Å². The summed E-state index contributed by atoms with van der Waals surface area (Å²) >= 11 is 0. The molecule has 1 aromatic carbocycles. The first-order valence-corrected chi connectivity index (χ1v) is 6.93. The molecule has 0 aliphatic heterocycles. The number of unbranched alkanes of at least 4 members (excludes halogenated alkanes) is 3. The van der Waals surface area contributed by atoms with Crippen LogP contribution in [0.2, 0.25) is 0 Å². The van der Waals surface area contributed by atoms with Crippen molar-refractivity contribution in [3.05, 3.63) is 35.4 Å². The molecule has 2 nitrogen and oxygen atoms in total.